The van der Waals surface area contributed by atoms with Crippen molar-refractivity contribution in [3.63, 3.8) is 0 Å². The van der Waals surface area contributed by atoms with Crippen molar-refractivity contribution in [3.8, 4) is 0 Å². The maximum Gasteiger partial charge on any atom is 0.248 e. The van der Waals surface area contributed by atoms with Crippen LogP contribution in [0.5, 0.6) is 0 Å². The Balaban J connectivity index is 1.88. The summed E-state index contributed by atoms with van der Waals surface area (Å²) in [6, 6.07) is 14.5. The Hall–Kier alpha value is -3.19. The molecule has 0 unspecified atom stereocenters. The molecule has 3 rings (SSSR count). The summed E-state index contributed by atoms with van der Waals surface area (Å²) in [7, 11) is 0. The van der Waals surface area contributed by atoms with Crippen LogP contribution < -0.4 is 16.4 Å². The summed E-state index contributed by atoms with van der Waals surface area (Å²) in [5, 5.41) is 16.2. The number of anilines is 3. The van der Waals surface area contributed by atoms with Crippen LogP contribution in [0.3, 0.4) is 0 Å². The molecule has 0 fully saturated rings. The third-order valence-corrected chi connectivity index (χ3v) is 3.66. The highest BCUT2D eigenvalue weighted by Crippen LogP contribution is 2.23. The standard InChI is InChI=1S/C18H19N5O2/c19-16(25)12-6-8-13(9-7-12)21-18-22-15-5-2-1-4-14(15)17(23-18)20-10-3-11-24/h1-2,4-9,24H,3,10-11H2,(H2,19,25)(H2,20,21,22,23). The second-order valence-electron chi connectivity index (χ2n) is 5.48. The number of hydrogen-bond acceptors (Lipinski definition) is 6. The number of aliphatic hydroxyl groups is 1. The van der Waals surface area contributed by atoms with Gasteiger partial charge >= 0.3 is 0 Å². The number of amides is 1. The van der Waals surface area contributed by atoms with Gasteiger partial charge in [-0.2, -0.15) is 4.98 Å². The molecule has 0 saturated carbocycles. The van der Waals surface area contributed by atoms with E-state index < -0.39 is 5.91 Å². The molecule has 7 heteroatoms. The van der Waals surface area contributed by atoms with E-state index in [4.69, 9.17) is 10.8 Å². The molecule has 128 valence electrons. The quantitative estimate of drug-likeness (QED) is 0.492. The first-order chi connectivity index (χ1) is 12.2. The molecular weight excluding hydrogens is 318 g/mol. The Bertz CT molecular complexity index is 880. The van der Waals surface area contributed by atoms with E-state index in [1.54, 1.807) is 24.3 Å². The number of para-hydroxylation sites is 1. The van der Waals surface area contributed by atoms with Crippen LogP contribution in [0.4, 0.5) is 17.5 Å². The summed E-state index contributed by atoms with van der Waals surface area (Å²) in [6.07, 6.45) is 0.635. The summed E-state index contributed by atoms with van der Waals surface area (Å²) in [5.41, 5.74) is 7.24. The average Bonchev–Trinajstić information content (AvgIpc) is 2.62. The van der Waals surface area contributed by atoms with E-state index in [1.807, 2.05) is 24.3 Å². The first-order valence-corrected chi connectivity index (χ1v) is 7.96. The Morgan fingerprint density at radius 3 is 2.56 bits per heavy atom. The summed E-state index contributed by atoms with van der Waals surface area (Å²) in [4.78, 5) is 20.2. The molecule has 1 aromatic heterocycles. The van der Waals surface area contributed by atoms with Gasteiger partial charge in [-0.25, -0.2) is 4.98 Å². The highest BCUT2D eigenvalue weighted by Gasteiger charge is 2.08. The van der Waals surface area contributed by atoms with Gasteiger partial charge in [0.25, 0.3) is 0 Å². The highest BCUT2D eigenvalue weighted by atomic mass is 16.3. The lowest BCUT2D eigenvalue weighted by molar-refractivity contribution is 0.100. The lowest BCUT2D eigenvalue weighted by Crippen LogP contribution is -2.10. The molecular formula is C18H19N5O2. The zero-order valence-corrected chi connectivity index (χ0v) is 13.6. The van der Waals surface area contributed by atoms with Crippen LogP contribution in [0.25, 0.3) is 10.9 Å². The number of aliphatic hydroxyl groups excluding tert-OH is 1. The molecule has 0 spiro atoms. The minimum Gasteiger partial charge on any atom is -0.396 e. The predicted octanol–water partition coefficient (Wildman–Crippen LogP) is 2.27. The molecule has 2 aromatic carbocycles. The Morgan fingerprint density at radius 2 is 1.84 bits per heavy atom. The number of nitrogens with two attached hydrogens (primary N) is 1. The number of rotatable bonds is 7. The number of carbonyl (C=O) groups is 1. The van der Waals surface area contributed by atoms with Crippen LogP contribution in [-0.2, 0) is 0 Å². The van der Waals surface area contributed by atoms with E-state index in [1.165, 1.54) is 0 Å². The van der Waals surface area contributed by atoms with E-state index in [-0.39, 0.29) is 6.61 Å². The number of fused-ring (bicyclic) bond motifs is 1. The number of benzene rings is 2. The molecule has 5 N–H and O–H groups in total. The third kappa shape index (κ3) is 4.02. The molecule has 1 heterocycles. The number of nitrogens with one attached hydrogen (secondary N) is 2. The molecule has 0 aliphatic rings. The van der Waals surface area contributed by atoms with Crippen molar-refractivity contribution < 1.29 is 9.90 Å². The first kappa shape index (κ1) is 16.7. The van der Waals surface area contributed by atoms with Crippen molar-refractivity contribution in [3.05, 3.63) is 54.1 Å². The van der Waals surface area contributed by atoms with Gasteiger partial charge < -0.3 is 21.5 Å². The fourth-order valence-corrected chi connectivity index (χ4v) is 2.40. The molecule has 0 saturated heterocycles. The highest BCUT2D eigenvalue weighted by molar-refractivity contribution is 5.93. The topological polar surface area (TPSA) is 113 Å². The van der Waals surface area contributed by atoms with Crippen LogP contribution in [-0.4, -0.2) is 34.1 Å². The van der Waals surface area contributed by atoms with Gasteiger partial charge in [0.15, 0.2) is 0 Å². The smallest absolute Gasteiger partial charge is 0.248 e. The molecule has 7 nitrogen and oxygen atoms in total. The summed E-state index contributed by atoms with van der Waals surface area (Å²) >= 11 is 0. The molecule has 0 aliphatic carbocycles. The summed E-state index contributed by atoms with van der Waals surface area (Å²) in [5.74, 6) is 0.677. The minimum absolute atomic E-state index is 0.118. The second kappa shape index (κ2) is 7.59. The zero-order valence-electron chi connectivity index (χ0n) is 13.6. The maximum absolute atomic E-state index is 11.1. The number of carbonyl (C=O) groups excluding carboxylic acids is 1. The fourth-order valence-electron chi connectivity index (χ4n) is 2.40. The second-order valence-corrected chi connectivity index (χ2v) is 5.48. The molecule has 0 bridgehead atoms. The summed E-state index contributed by atoms with van der Waals surface area (Å²) < 4.78 is 0. The normalized spacial score (nSPS) is 10.6. The van der Waals surface area contributed by atoms with Crippen molar-refractivity contribution >= 4 is 34.3 Å². The van der Waals surface area contributed by atoms with Crippen molar-refractivity contribution in [2.75, 3.05) is 23.8 Å². The van der Waals surface area contributed by atoms with Gasteiger partial charge in [0.1, 0.15) is 5.82 Å². The molecule has 1 amide bonds. The van der Waals surface area contributed by atoms with Gasteiger partial charge in [-0.05, 0) is 42.8 Å². The van der Waals surface area contributed by atoms with Crippen LogP contribution in [0.1, 0.15) is 16.8 Å². The molecule has 3 aromatic rings. The summed E-state index contributed by atoms with van der Waals surface area (Å²) in [6.45, 7) is 0.734. The predicted molar refractivity (Wildman–Crippen MR) is 98.0 cm³/mol. The number of nitrogens with zero attached hydrogens (tertiary/aromatic N) is 2. The number of primary amides is 1. The average molecular weight is 337 g/mol. The van der Waals surface area contributed by atoms with Crippen molar-refractivity contribution in [2.45, 2.75) is 6.42 Å². The number of hydrogen-bond donors (Lipinski definition) is 4. The zero-order chi connectivity index (χ0) is 17.6. The van der Waals surface area contributed by atoms with Gasteiger partial charge in [-0.1, -0.05) is 12.1 Å². The van der Waals surface area contributed by atoms with Crippen LogP contribution in [0, 0.1) is 0 Å². The lowest BCUT2D eigenvalue weighted by atomic mass is 10.2. The van der Waals surface area contributed by atoms with Crippen molar-refractivity contribution in [1.82, 2.24) is 9.97 Å². The monoisotopic (exact) mass is 337 g/mol. The van der Waals surface area contributed by atoms with Crippen molar-refractivity contribution in [1.29, 1.82) is 0 Å². The molecule has 0 radical (unpaired) electrons. The molecule has 0 aliphatic heterocycles. The third-order valence-electron chi connectivity index (χ3n) is 3.66. The fraction of sp³-hybridized carbons (Fsp3) is 0.167. The largest absolute Gasteiger partial charge is 0.396 e. The van der Waals surface area contributed by atoms with E-state index in [0.717, 1.165) is 16.6 Å². The molecule has 0 atom stereocenters. The Kier molecular flexibility index (Phi) is 5.06. The van der Waals surface area contributed by atoms with Crippen LogP contribution in [0.15, 0.2) is 48.5 Å². The van der Waals surface area contributed by atoms with E-state index >= 15 is 0 Å². The Morgan fingerprint density at radius 1 is 1.08 bits per heavy atom. The first-order valence-electron chi connectivity index (χ1n) is 7.96. The van der Waals surface area contributed by atoms with Crippen molar-refractivity contribution in [2.24, 2.45) is 5.73 Å². The SMILES string of the molecule is NC(=O)c1ccc(Nc2nc(NCCCO)c3ccccc3n2)cc1. The molecule has 25 heavy (non-hydrogen) atoms. The van der Waals surface area contributed by atoms with Crippen LogP contribution in [0.2, 0.25) is 0 Å². The Labute approximate surface area is 144 Å². The van der Waals surface area contributed by atoms with Gasteiger partial charge in [-0.15, -0.1) is 0 Å². The van der Waals surface area contributed by atoms with Crippen LogP contribution >= 0.6 is 0 Å². The van der Waals surface area contributed by atoms with Gasteiger partial charge in [-0.3, -0.25) is 4.79 Å². The minimum atomic E-state index is -0.469. The van der Waals surface area contributed by atoms with Gasteiger partial charge in [0.05, 0.1) is 5.52 Å². The maximum atomic E-state index is 11.1. The lowest BCUT2D eigenvalue weighted by Gasteiger charge is -2.11. The number of aromatic nitrogens is 2. The van der Waals surface area contributed by atoms with E-state index in [9.17, 15) is 4.79 Å². The van der Waals surface area contributed by atoms with E-state index in [0.29, 0.717) is 30.3 Å². The van der Waals surface area contributed by atoms with Gasteiger partial charge in [0.2, 0.25) is 11.9 Å². The van der Waals surface area contributed by atoms with Gasteiger partial charge in [0, 0.05) is 29.8 Å². The van der Waals surface area contributed by atoms with E-state index in [2.05, 4.69) is 20.6 Å².